The number of carbonyl (C=O) groups is 1. The normalized spacial score (nSPS) is 13.6. The van der Waals surface area contributed by atoms with Crippen LogP contribution in [0.2, 0.25) is 0 Å². The van der Waals surface area contributed by atoms with Crippen molar-refractivity contribution >= 4 is 5.78 Å². The molecule has 0 amide bonds. The standard InChI is InChI=1S/C12H16FNO2/c1-12(2,3)11(16-4)10(15)8-5-9(13)7-14-6-8/h5-7,11H,1-4H3. The quantitative estimate of drug-likeness (QED) is 0.742. The topological polar surface area (TPSA) is 39.2 Å². The molecular formula is C12H16FNO2. The Bertz CT molecular complexity index is 385. The molecule has 0 fully saturated rings. The zero-order valence-corrected chi connectivity index (χ0v) is 9.95. The van der Waals surface area contributed by atoms with E-state index in [0.29, 0.717) is 0 Å². The molecule has 0 aliphatic rings. The molecule has 88 valence electrons. The molecule has 3 nitrogen and oxygen atoms in total. The molecule has 0 aromatic carbocycles. The molecule has 1 rings (SSSR count). The van der Waals surface area contributed by atoms with Gasteiger partial charge < -0.3 is 4.74 Å². The van der Waals surface area contributed by atoms with E-state index >= 15 is 0 Å². The van der Waals surface area contributed by atoms with Crippen LogP contribution in [0.15, 0.2) is 18.5 Å². The highest BCUT2D eigenvalue weighted by Gasteiger charge is 2.32. The number of aromatic nitrogens is 1. The Morgan fingerprint density at radius 2 is 2.06 bits per heavy atom. The molecule has 1 heterocycles. The Hall–Kier alpha value is -1.29. The monoisotopic (exact) mass is 225 g/mol. The van der Waals surface area contributed by atoms with Gasteiger partial charge in [-0.25, -0.2) is 4.39 Å². The Kier molecular flexibility index (Phi) is 3.75. The predicted molar refractivity (Wildman–Crippen MR) is 58.8 cm³/mol. The second-order valence-corrected chi connectivity index (χ2v) is 4.74. The molecule has 1 atom stereocenters. The van der Waals surface area contributed by atoms with Crippen molar-refractivity contribution in [3.8, 4) is 0 Å². The number of halogens is 1. The number of pyridine rings is 1. The first-order chi connectivity index (χ1) is 7.36. The largest absolute Gasteiger partial charge is 0.373 e. The number of ketones is 1. The lowest BCUT2D eigenvalue weighted by Crippen LogP contribution is -2.36. The Morgan fingerprint density at radius 3 is 2.50 bits per heavy atom. The van der Waals surface area contributed by atoms with Crippen LogP contribution in [0.25, 0.3) is 0 Å². The number of rotatable bonds is 3. The highest BCUT2D eigenvalue weighted by atomic mass is 19.1. The first-order valence-electron chi connectivity index (χ1n) is 5.04. The first-order valence-corrected chi connectivity index (χ1v) is 5.04. The zero-order valence-electron chi connectivity index (χ0n) is 9.95. The second-order valence-electron chi connectivity index (χ2n) is 4.74. The van der Waals surface area contributed by atoms with Crippen LogP contribution < -0.4 is 0 Å². The summed E-state index contributed by atoms with van der Waals surface area (Å²) < 4.78 is 18.1. The van der Waals surface area contributed by atoms with Crippen LogP contribution in [0.1, 0.15) is 31.1 Å². The zero-order chi connectivity index (χ0) is 12.3. The SMILES string of the molecule is COC(C(=O)c1cncc(F)c1)C(C)(C)C. The molecule has 1 unspecified atom stereocenters. The van der Waals surface area contributed by atoms with Crippen LogP contribution in [0.5, 0.6) is 0 Å². The van der Waals surface area contributed by atoms with E-state index < -0.39 is 11.9 Å². The summed E-state index contributed by atoms with van der Waals surface area (Å²) in [5.41, 5.74) is -0.0974. The molecule has 0 saturated heterocycles. The van der Waals surface area contributed by atoms with E-state index in [-0.39, 0.29) is 16.8 Å². The Morgan fingerprint density at radius 1 is 1.44 bits per heavy atom. The van der Waals surface area contributed by atoms with Crippen molar-refractivity contribution in [2.75, 3.05) is 7.11 Å². The fourth-order valence-corrected chi connectivity index (χ4v) is 1.55. The summed E-state index contributed by atoms with van der Waals surface area (Å²) >= 11 is 0. The lowest BCUT2D eigenvalue weighted by Gasteiger charge is -2.27. The lowest BCUT2D eigenvalue weighted by molar-refractivity contribution is 0.0195. The van der Waals surface area contributed by atoms with Crippen molar-refractivity contribution in [3.05, 3.63) is 29.8 Å². The number of Topliss-reactive ketones (excluding diaryl/α,β-unsaturated/α-hetero) is 1. The van der Waals surface area contributed by atoms with E-state index in [1.165, 1.54) is 19.4 Å². The molecule has 0 saturated carbocycles. The maximum Gasteiger partial charge on any atom is 0.193 e. The highest BCUT2D eigenvalue weighted by molar-refractivity contribution is 5.99. The number of carbonyl (C=O) groups excluding carboxylic acids is 1. The van der Waals surface area contributed by atoms with Gasteiger partial charge in [0.1, 0.15) is 11.9 Å². The van der Waals surface area contributed by atoms with E-state index in [1.807, 2.05) is 20.8 Å². The molecule has 1 aromatic rings. The number of nitrogens with zero attached hydrogens (tertiary/aromatic N) is 1. The minimum atomic E-state index is -0.601. The molecule has 4 heteroatoms. The van der Waals surface area contributed by atoms with E-state index in [9.17, 15) is 9.18 Å². The smallest absolute Gasteiger partial charge is 0.193 e. The fraction of sp³-hybridized carbons (Fsp3) is 0.500. The third-order valence-corrected chi connectivity index (χ3v) is 2.25. The van der Waals surface area contributed by atoms with Gasteiger partial charge in [0.2, 0.25) is 0 Å². The molecule has 16 heavy (non-hydrogen) atoms. The van der Waals surface area contributed by atoms with Gasteiger partial charge in [-0.05, 0) is 11.5 Å². The van der Waals surface area contributed by atoms with Gasteiger partial charge >= 0.3 is 0 Å². The second kappa shape index (κ2) is 4.70. The predicted octanol–water partition coefficient (Wildman–Crippen LogP) is 2.46. The molecule has 0 aliphatic carbocycles. The summed E-state index contributed by atoms with van der Waals surface area (Å²) in [6, 6.07) is 1.17. The Balaban J connectivity index is 3.01. The summed E-state index contributed by atoms with van der Waals surface area (Å²) in [6.45, 7) is 5.68. The van der Waals surface area contributed by atoms with Gasteiger partial charge in [0, 0.05) is 18.9 Å². The van der Waals surface area contributed by atoms with Crippen LogP contribution in [-0.4, -0.2) is 24.0 Å². The summed E-state index contributed by atoms with van der Waals surface area (Å²) in [5, 5.41) is 0. The number of methoxy groups -OCH3 is 1. The van der Waals surface area contributed by atoms with Crippen molar-refractivity contribution in [2.24, 2.45) is 5.41 Å². The molecule has 0 N–H and O–H groups in total. The van der Waals surface area contributed by atoms with Gasteiger partial charge in [0.25, 0.3) is 0 Å². The maximum atomic E-state index is 12.9. The number of hydrogen-bond donors (Lipinski definition) is 0. The van der Waals surface area contributed by atoms with E-state index in [4.69, 9.17) is 4.74 Å². The molecular weight excluding hydrogens is 209 g/mol. The molecule has 0 spiro atoms. The van der Waals surface area contributed by atoms with Crippen LogP contribution in [0.3, 0.4) is 0 Å². The summed E-state index contributed by atoms with van der Waals surface area (Å²) in [6.07, 6.45) is 1.81. The summed E-state index contributed by atoms with van der Waals surface area (Å²) in [7, 11) is 1.47. The van der Waals surface area contributed by atoms with Crippen molar-refractivity contribution in [3.63, 3.8) is 0 Å². The van der Waals surface area contributed by atoms with E-state index in [2.05, 4.69) is 4.98 Å². The molecule has 1 aromatic heterocycles. The minimum Gasteiger partial charge on any atom is -0.373 e. The van der Waals surface area contributed by atoms with Crippen LogP contribution >= 0.6 is 0 Å². The van der Waals surface area contributed by atoms with E-state index in [0.717, 1.165) is 6.20 Å². The first kappa shape index (κ1) is 12.8. The fourth-order valence-electron chi connectivity index (χ4n) is 1.55. The van der Waals surface area contributed by atoms with Gasteiger partial charge in [0.05, 0.1) is 6.20 Å². The van der Waals surface area contributed by atoms with Gasteiger partial charge in [0.15, 0.2) is 5.78 Å². The van der Waals surface area contributed by atoms with Crippen molar-refractivity contribution in [2.45, 2.75) is 26.9 Å². The molecule has 0 aliphatic heterocycles. The van der Waals surface area contributed by atoms with Crippen LogP contribution in [-0.2, 0) is 4.74 Å². The van der Waals surface area contributed by atoms with Crippen LogP contribution in [0, 0.1) is 11.2 Å². The van der Waals surface area contributed by atoms with Crippen molar-refractivity contribution in [1.82, 2.24) is 4.98 Å². The minimum absolute atomic E-state index is 0.238. The summed E-state index contributed by atoms with van der Waals surface area (Å²) in [4.78, 5) is 15.7. The number of ether oxygens (including phenoxy) is 1. The average molecular weight is 225 g/mol. The van der Waals surface area contributed by atoms with Crippen molar-refractivity contribution in [1.29, 1.82) is 0 Å². The van der Waals surface area contributed by atoms with E-state index in [1.54, 1.807) is 0 Å². The Labute approximate surface area is 94.6 Å². The lowest BCUT2D eigenvalue weighted by atomic mass is 9.84. The maximum absolute atomic E-state index is 12.9. The van der Waals surface area contributed by atoms with Gasteiger partial charge in [-0.3, -0.25) is 9.78 Å². The van der Waals surface area contributed by atoms with Gasteiger partial charge in [-0.1, -0.05) is 20.8 Å². The third-order valence-electron chi connectivity index (χ3n) is 2.25. The number of hydrogen-bond acceptors (Lipinski definition) is 3. The van der Waals surface area contributed by atoms with Crippen molar-refractivity contribution < 1.29 is 13.9 Å². The van der Waals surface area contributed by atoms with Gasteiger partial charge in [-0.15, -0.1) is 0 Å². The van der Waals surface area contributed by atoms with Gasteiger partial charge in [-0.2, -0.15) is 0 Å². The molecule has 0 bridgehead atoms. The summed E-state index contributed by atoms with van der Waals surface area (Å²) in [5.74, 6) is -0.767. The van der Waals surface area contributed by atoms with Crippen LogP contribution in [0.4, 0.5) is 4.39 Å². The molecule has 0 radical (unpaired) electrons. The third kappa shape index (κ3) is 2.85. The highest BCUT2D eigenvalue weighted by Crippen LogP contribution is 2.24. The average Bonchev–Trinajstić information content (AvgIpc) is 2.16.